The number of unbranched alkanes of at least 4 members (excludes halogenated alkanes) is 3. The van der Waals surface area contributed by atoms with Crippen LogP contribution in [0.5, 0.6) is 0 Å². The highest BCUT2D eigenvalue weighted by Crippen LogP contribution is 2.26. The Hall–Kier alpha value is -4.89. The van der Waals surface area contributed by atoms with Gasteiger partial charge in [-0.1, -0.05) is 73.5 Å². The molecule has 0 fully saturated rings. The molecule has 0 aliphatic heterocycles. The number of imidazole rings is 1. The lowest BCUT2D eigenvalue weighted by Crippen LogP contribution is -2.40. The Morgan fingerprint density at radius 3 is 2.50 bits per heavy atom. The Labute approximate surface area is 270 Å². The lowest BCUT2D eigenvalue weighted by Gasteiger charge is -2.21. The van der Waals surface area contributed by atoms with Crippen LogP contribution in [0, 0.1) is 10.1 Å². The molecule has 0 saturated heterocycles. The van der Waals surface area contributed by atoms with Crippen LogP contribution in [0.25, 0.3) is 11.1 Å². The summed E-state index contributed by atoms with van der Waals surface area (Å²) in [5.41, 5.74) is 9.31. The summed E-state index contributed by atoms with van der Waals surface area (Å²) in [4.78, 5) is 42.6. The number of ether oxygens (including phenoxy) is 2. The third kappa shape index (κ3) is 10.3. The molecule has 5 N–H and O–H groups in total. The van der Waals surface area contributed by atoms with Gasteiger partial charge in [-0.2, -0.15) is 5.12 Å². The number of aromatic carboxylic acids is 1. The van der Waals surface area contributed by atoms with Crippen LogP contribution in [0.2, 0.25) is 5.15 Å². The zero-order chi connectivity index (χ0) is 33.6. The van der Waals surface area contributed by atoms with Gasteiger partial charge in [0, 0.05) is 18.5 Å². The fourth-order valence-corrected chi connectivity index (χ4v) is 4.74. The van der Waals surface area contributed by atoms with E-state index in [0.29, 0.717) is 37.1 Å². The molecule has 0 radical (unpaired) electrons. The van der Waals surface area contributed by atoms with Gasteiger partial charge >= 0.3 is 12.1 Å². The minimum absolute atomic E-state index is 0.0260. The molecule has 248 valence electrons. The number of benzene rings is 2. The van der Waals surface area contributed by atoms with E-state index < -0.39 is 23.4 Å². The second-order valence-corrected chi connectivity index (χ2v) is 10.6. The number of carbonyl (C=O) groups is 2. The van der Waals surface area contributed by atoms with Crippen molar-refractivity contribution in [1.29, 1.82) is 0 Å². The maximum atomic E-state index is 12.0. The number of aromatic nitrogens is 2. The number of carboxylic acid groups (broad SMARTS) is 1. The summed E-state index contributed by atoms with van der Waals surface area (Å²) in [5, 5.41) is 24.1. The molecule has 1 aromatic heterocycles. The van der Waals surface area contributed by atoms with Crippen molar-refractivity contribution >= 4 is 29.6 Å². The van der Waals surface area contributed by atoms with Gasteiger partial charge in [-0.15, -0.1) is 15.2 Å². The van der Waals surface area contributed by atoms with Crippen LogP contribution in [0.4, 0.5) is 4.79 Å². The molecule has 15 nitrogen and oxygen atoms in total. The fourth-order valence-electron chi connectivity index (χ4n) is 4.46. The fraction of sp³-hybridized carbons (Fsp3) is 0.400. The first kappa shape index (κ1) is 35.6. The lowest BCUT2D eigenvalue weighted by molar-refractivity contribution is -0.757. The van der Waals surface area contributed by atoms with E-state index >= 15 is 0 Å². The van der Waals surface area contributed by atoms with Crippen molar-refractivity contribution in [3.63, 3.8) is 0 Å². The summed E-state index contributed by atoms with van der Waals surface area (Å²) >= 11 is 6.17. The van der Waals surface area contributed by atoms with Crippen LogP contribution in [-0.2, 0) is 27.3 Å². The van der Waals surface area contributed by atoms with Gasteiger partial charge in [0.1, 0.15) is 5.82 Å². The van der Waals surface area contributed by atoms with E-state index in [1.165, 1.54) is 6.92 Å². The summed E-state index contributed by atoms with van der Waals surface area (Å²) in [7, 11) is 0. The molecule has 0 bridgehead atoms. The lowest BCUT2D eigenvalue weighted by atomic mass is 9.98. The highest BCUT2D eigenvalue weighted by Gasteiger charge is 2.22. The van der Waals surface area contributed by atoms with E-state index in [4.69, 9.17) is 32.7 Å². The molecule has 0 amide bonds. The molecule has 3 rings (SSSR count). The van der Waals surface area contributed by atoms with Gasteiger partial charge in [0.15, 0.2) is 16.7 Å². The number of carbonyl (C=O) groups excluding carboxylic acids is 1. The molecule has 3 aromatic rings. The number of aryl methyl sites for hydroxylation is 1. The normalized spacial score (nSPS) is 12.0. The molecule has 0 aliphatic rings. The maximum Gasteiger partial charge on any atom is 0.510 e. The minimum atomic E-state index is -1.14. The monoisotopic (exact) mass is 659 g/mol. The van der Waals surface area contributed by atoms with Crippen molar-refractivity contribution in [3.8, 4) is 11.1 Å². The zero-order valence-corrected chi connectivity index (χ0v) is 26.4. The number of rotatable bonds is 18. The van der Waals surface area contributed by atoms with Gasteiger partial charge in [0.25, 0.3) is 5.09 Å². The van der Waals surface area contributed by atoms with E-state index in [9.17, 15) is 24.8 Å². The highest BCUT2D eigenvalue weighted by molar-refractivity contribution is 6.32. The average Bonchev–Trinajstić information content (AvgIpc) is 3.33. The number of hydrazine groups is 1. The maximum absolute atomic E-state index is 12.0. The SMILES string of the molecule is CCCCc1nc(Cl)c(C(=O)O)n1Cc1ccc(-c2ccccc2/C(N)=N/N(N)C(C)OC(=O)OCCCCCO[N+](=O)[O-])cc1. The second kappa shape index (κ2) is 17.6. The summed E-state index contributed by atoms with van der Waals surface area (Å²) in [6, 6.07) is 14.9. The van der Waals surface area contributed by atoms with Crippen molar-refractivity contribution in [2.75, 3.05) is 13.2 Å². The van der Waals surface area contributed by atoms with E-state index in [-0.39, 0.29) is 36.4 Å². The summed E-state index contributed by atoms with van der Waals surface area (Å²) < 4.78 is 11.8. The predicted molar refractivity (Wildman–Crippen MR) is 169 cm³/mol. The molecule has 46 heavy (non-hydrogen) atoms. The number of nitrogens with zero attached hydrogens (tertiary/aromatic N) is 5. The van der Waals surface area contributed by atoms with Gasteiger partial charge in [0.05, 0.1) is 13.2 Å². The van der Waals surface area contributed by atoms with Crippen LogP contribution in [-0.4, -0.2) is 62.3 Å². The molecule has 0 aliphatic carbocycles. The van der Waals surface area contributed by atoms with Crippen molar-refractivity contribution in [1.82, 2.24) is 14.7 Å². The molecule has 0 saturated carbocycles. The number of carboxylic acids is 1. The second-order valence-electron chi connectivity index (χ2n) is 10.2. The minimum Gasteiger partial charge on any atom is -0.476 e. The van der Waals surface area contributed by atoms with Crippen LogP contribution in [0.1, 0.15) is 73.4 Å². The molecule has 16 heteroatoms. The van der Waals surface area contributed by atoms with Crippen LogP contribution in [0.3, 0.4) is 0 Å². The Morgan fingerprint density at radius 2 is 1.83 bits per heavy atom. The molecule has 1 heterocycles. The van der Waals surface area contributed by atoms with Crippen molar-refractivity contribution in [2.24, 2.45) is 16.7 Å². The van der Waals surface area contributed by atoms with Crippen molar-refractivity contribution in [3.05, 3.63) is 86.4 Å². The summed E-state index contributed by atoms with van der Waals surface area (Å²) in [6.45, 7) is 3.86. The highest BCUT2D eigenvalue weighted by atomic mass is 35.5. The largest absolute Gasteiger partial charge is 0.510 e. The van der Waals surface area contributed by atoms with Gasteiger partial charge in [-0.05, 0) is 49.3 Å². The van der Waals surface area contributed by atoms with E-state index in [1.807, 2.05) is 43.3 Å². The smallest absolute Gasteiger partial charge is 0.476 e. The Bertz CT molecular complexity index is 1510. The van der Waals surface area contributed by atoms with E-state index in [0.717, 1.165) is 34.6 Å². The van der Waals surface area contributed by atoms with Gasteiger partial charge in [0.2, 0.25) is 6.23 Å². The topological polar surface area (TPSA) is 211 Å². The first-order chi connectivity index (χ1) is 22.0. The average molecular weight is 660 g/mol. The standard InChI is InChI=1S/C30H38ClN7O8/c1-3-4-12-25-34-27(31)26(29(39)40)36(25)19-21-13-15-22(16-14-21)23-10-6-7-11-24(23)28(32)35-37(33)20(2)46-30(41)44-17-8-5-9-18-45-38(42)43/h6-7,10-11,13-16,20H,3-5,8-9,12,17-19,33H2,1-2H3,(H2,32,35)(H,39,40). The predicted octanol–water partition coefficient (Wildman–Crippen LogP) is 4.97. The third-order valence-electron chi connectivity index (χ3n) is 6.84. The van der Waals surface area contributed by atoms with E-state index in [1.54, 1.807) is 16.7 Å². The van der Waals surface area contributed by atoms with Crippen molar-refractivity contribution < 1.29 is 34.1 Å². The van der Waals surface area contributed by atoms with Crippen LogP contribution in [0.15, 0.2) is 53.6 Å². The zero-order valence-electron chi connectivity index (χ0n) is 25.6. The first-order valence-electron chi connectivity index (χ1n) is 14.7. The Kier molecular flexibility index (Phi) is 13.6. The van der Waals surface area contributed by atoms with Crippen molar-refractivity contribution in [2.45, 2.75) is 65.1 Å². The van der Waals surface area contributed by atoms with E-state index in [2.05, 4.69) is 14.9 Å². The number of hydrazone groups is 1. The van der Waals surface area contributed by atoms with Crippen LogP contribution >= 0.6 is 11.6 Å². The number of halogens is 1. The Morgan fingerprint density at radius 1 is 1.13 bits per heavy atom. The number of hydrogen-bond acceptors (Lipinski definition) is 11. The number of amidine groups is 1. The summed E-state index contributed by atoms with van der Waals surface area (Å²) in [5.74, 6) is 5.56. The number of nitrogens with two attached hydrogens (primary N) is 2. The first-order valence-corrected chi connectivity index (χ1v) is 15.0. The third-order valence-corrected chi connectivity index (χ3v) is 7.10. The molecular formula is C30H38ClN7O8. The molecule has 2 aromatic carbocycles. The molecule has 0 spiro atoms. The van der Waals surface area contributed by atoms with Gasteiger partial charge in [-0.3, -0.25) is 0 Å². The van der Waals surface area contributed by atoms with Gasteiger partial charge in [-0.25, -0.2) is 20.4 Å². The molecule has 1 unspecified atom stereocenters. The quantitative estimate of drug-likeness (QED) is 0.0241. The number of hydrogen-bond donors (Lipinski definition) is 3. The Balaban J connectivity index is 1.65. The molecule has 1 atom stereocenters. The van der Waals surface area contributed by atoms with Crippen LogP contribution < -0.4 is 11.6 Å². The molecular weight excluding hydrogens is 622 g/mol. The van der Waals surface area contributed by atoms with Gasteiger partial charge < -0.3 is 29.7 Å². The summed E-state index contributed by atoms with van der Waals surface area (Å²) in [6.07, 6.45) is 1.92.